The predicted molar refractivity (Wildman–Crippen MR) is 117 cm³/mol. The quantitative estimate of drug-likeness (QED) is 0.715. The molecule has 0 spiro atoms. The van der Waals surface area contributed by atoms with Crippen LogP contribution in [0.1, 0.15) is 30.0 Å². The Hall–Kier alpha value is -3.13. The maximum Gasteiger partial charge on any atom is 0.325 e. The molecule has 3 aliphatic rings. The lowest BCUT2D eigenvalue weighted by Crippen LogP contribution is -2.50. The Bertz CT molecular complexity index is 1160. The number of carbonyl (C=O) groups excluding carboxylic acids is 3. The molecule has 1 aromatic carbocycles. The van der Waals surface area contributed by atoms with Gasteiger partial charge in [-0.25, -0.2) is 4.79 Å². The van der Waals surface area contributed by atoms with Crippen LogP contribution in [-0.2, 0) is 22.7 Å². The molecule has 2 saturated heterocycles. The van der Waals surface area contributed by atoms with Crippen molar-refractivity contribution >= 4 is 29.4 Å². The Kier molecular flexibility index (Phi) is 5.25. The minimum Gasteiger partial charge on any atom is -0.342 e. The molecule has 32 heavy (non-hydrogen) atoms. The minimum atomic E-state index is -0.870. The zero-order valence-corrected chi connectivity index (χ0v) is 18.1. The summed E-state index contributed by atoms with van der Waals surface area (Å²) >= 11 is 5.99. The normalized spacial score (nSPS) is 24.3. The molecule has 2 aromatic rings. The van der Waals surface area contributed by atoms with Crippen LogP contribution >= 0.6 is 11.6 Å². The van der Waals surface area contributed by atoms with E-state index >= 15 is 0 Å². The van der Waals surface area contributed by atoms with Crippen molar-refractivity contribution in [2.45, 2.75) is 37.9 Å². The Morgan fingerprint density at radius 1 is 1.06 bits per heavy atom. The molecular formula is C23H23ClN4O4. The number of aromatic nitrogens is 1. The molecule has 1 aromatic heterocycles. The number of piperidine rings is 1. The second-order valence-electron chi connectivity index (χ2n) is 8.76. The van der Waals surface area contributed by atoms with E-state index < -0.39 is 18.0 Å². The van der Waals surface area contributed by atoms with Gasteiger partial charge in [-0.2, -0.15) is 0 Å². The highest BCUT2D eigenvalue weighted by Crippen LogP contribution is 2.35. The number of nitrogens with zero attached hydrogens (tertiary/aromatic N) is 3. The van der Waals surface area contributed by atoms with Crippen molar-refractivity contribution in [2.75, 3.05) is 13.1 Å². The maximum atomic E-state index is 13.0. The first kappa shape index (κ1) is 20.8. The predicted octanol–water partition coefficient (Wildman–Crippen LogP) is 1.96. The molecule has 3 aliphatic heterocycles. The Labute approximate surface area is 189 Å². The molecule has 4 amide bonds. The number of rotatable bonds is 4. The third-order valence-corrected chi connectivity index (χ3v) is 6.78. The molecule has 0 aliphatic carbocycles. The summed E-state index contributed by atoms with van der Waals surface area (Å²) in [6.45, 7) is 1.77. The number of pyridine rings is 1. The van der Waals surface area contributed by atoms with Crippen LogP contribution in [0.15, 0.2) is 47.3 Å². The lowest BCUT2D eigenvalue weighted by molar-refractivity contribution is -0.137. The molecule has 4 heterocycles. The molecule has 0 radical (unpaired) electrons. The van der Waals surface area contributed by atoms with Gasteiger partial charge in [0, 0.05) is 42.3 Å². The van der Waals surface area contributed by atoms with E-state index in [9.17, 15) is 19.2 Å². The van der Waals surface area contributed by atoms with E-state index in [1.54, 1.807) is 41.3 Å². The highest BCUT2D eigenvalue weighted by Gasteiger charge is 2.41. The van der Waals surface area contributed by atoms with Gasteiger partial charge in [0.2, 0.25) is 5.91 Å². The van der Waals surface area contributed by atoms with Crippen LogP contribution in [0.3, 0.4) is 0 Å². The number of benzene rings is 1. The van der Waals surface area contributed by atoms with E-state index in [2.05, 4.69) is 5.32 Å². The SMILES string of the molecule is O=C(C[C@@H]1NC(=O)N(Cc2cccc(Cl)c2)C1=O)N1CC2CC(C1)c1cccc(=O)n1C2. The van der Waals surface area contributed by atoms with E-state index in [4.69, 9.17) is 11.6 Å². The van der Waals surface area contributed by atoms with Gasteiger partial charge in [-0.3, -0.25) is 19.3 Å². The van der Waals surface area contributed by atoms with Crippen molar-refractivity contribution in [3.63, 3.8) is 0 Å². The second-order valence-corrected chi connectivity index (χ2v) is 9.19. The van der Waals surface area contributed by atoms with E-state index in [1.165, 1.54) is 0 Å². The van der Waals surface area contributed by atoms with Crippen molar-refractivity contribution in [1.82, 2.24) is 19.7 Å². The molecule has 5 rings (SSSR count). The number of hydrogen-bond acceptors (Lipinski definition) is 4. The largest absolute Gasteiger partial charge is 0.342 e. The number of nitrogens with one attached hydrogen (secondary N) is 1. The number of imide groups is 1. The minimum absolute atomic E-state index is 0.00367. The van der Waals surface area contributed by atoms with Crippen LogP contribution < -0.4 is 10.9 Å². The molecule has 2 bridgehead atoms. The summed E-state index contributed by atoms with van der Waals surface area (Å²) in [5.74, 6) is -0.251. The van der Waals surface area contributed by atoms with Crippen LogP contribution in [0.2, 0.25) is 5.02 Å². The zero-order valence-electron chi connectivity index (χ0n) is 17.4. The highest BCUT2D eigenvalue weighted by molar-refractivity contribution is 6.30. The van der Waals surface area contributed by atoms with Crippen molar-refractivity contribution in [3.8, 4) is 0 Å². The molecule has 8 nitrogen and oxygen atoms in total. The number of hydrogen-bond donors (Lipinski definition) is 1. The van der Waals surface area contributed by atoms with E-state index in [0.717, 1.165) is 22.6 Å². The van der Waals surface area contributed by atoms with E-state index in [-0.39, 0.29) is 36.3 Å². The van der Waals surface area contributed by atoms with Gasteiger partial charge in [0.1, 0.15) is 6.04 Å². The van der Waals surface area contributed by atoms with Crippen molar-refractivity contribution in [2.24, 2.45) is 5.92 Å². The zero-order chi connectivity index (χ0) is 22.4. The molecular weight excluding hydrogens is 432 g/mol. The number of fused-ring (bicyclic) bond motifs is 4. The summed E-state index contributed by atoms with van der Waals surface area (Å²) in [5.41, 5.74) is 1.70. The topological polar surface area (TPSA) is 91.7 Å². The van der Waals surface area contributed by atoms with Gasteiger partial charge in [-0.05, 0) is 36.1 Å². The summed E-state index contributed by atoms with van der Waals surface area (Å²) in [6.07, 6.45) is 0.872. The fourth-order valence-electron chi connectivity index (χ4n) is 5.09. The first-order valence-corrected chi connectivity index (χ1v) is 11.1. The van der Waals surface area contributed by atoms with Crippen LogP contribution in [0.4, 0.5) is 4.79 Å². The van der Waals surface area contributed by atoms with Crippen molar-refractivity contribution in [1.29, 1.82) is 0 Å². The van der Waals surface area contributed by atoms with Gasteiger partial charge in [0.15, 0.2) is 0 Å². The number of halogens is 1. The average molecular weight is 455 g/mol. The lowest BCUT2D eigenvalue weighted by Gasteiger charge is -2.43. The Morgan fingerprint density at radius 3 is 2.69 bits per heavy atom. The third kappa shape index (κ3) is 3.79. The fraction of sp³-hybridized carbons (Fsp3) is 0.391. The van der Waals surface area contributed by atoms with Gasteiger partial charge in [-0.15, -0.1) is 0 Å². The summed E-state index contributed by atoms with van der Waals surface area (Å²) in [5, 5.41) is 3.17. The van der Waals surface area contributed by atoms with E-state index in [0.29, 0.717) is 24.7 Å². The number of likely N-dealkylation sites (tertiary alicyclic amines) is 1. The third-order valence-electron chi connectivity index (χ3n) is 6.55. The lowest BCUT2D eigenvalue weighted by atomic mass is 9.83. The molecule has 2 fully saturated rings. The van der Waals surface area contributed by atoms with Gasteiger partial charge in [0.25, 0.3) is 11.5 Å². The molecule has 2 unspecified atom stereocenters. The number of urea groups is 1. The van der Waals surface area contributed by atoms with Crippen LogP contribution in [0, 0.1) is 5.92 Å². The summed E-state index contributed by atoms with van der Waals surface area (Å²) < 4.78 is 1.81. The summed E-state index contributed by atoms with van der Waals surface area (Å²) in [4.78, 5) is 53.3. The van der Waals surface area contributed by atoms with Gasteiger partial charge >= 0.3 is 6.03 Å². The Morgan fingerprint density at radius 2 is 1.88 bits per heavy atom. The maximum absolute atomic E-state index is 13.0. The fourth-order valence-corrected chi connectivity index (χ4v) is 5.30. The molecule has 3 atom stereocenters. The second kappa shape index (κ2) is 8.09. The number of amides is 4. The summed E-state index contributed by atoms with van der Waals surface area (Å²) in [6, 6.07) is 10.9. The van der Waals surface area contributed by atoms with Gasteiger partial charge in [0.05, 0.1) is 13.0 Å². The molecule has 1 N–H and O–H groups in total. The average Bonchev–Trinajstić information content (AvgIpc) is 3.02. The molecule has 166 valence electrons. The van der Waals surface area contributed by atoms with E-state index in [1.807, 2.05) is 10.6 Å². The highest BCUT2D eigenvalue weighted by atomic mass is 35.5. The molecule has 9 heteroatoms. The smallest absolute Gasteiger partial charge is 0.325 e. The number of carbonyl (C=O) groups is 3. The van der Waals surface area contributed by atoms with Gasteiger partial charge < -0.3 is 14.8 Å². The summed E-state index contributed by atoms with van der Waals surface area (Å²) in [7, 11) is 0. The first-order chi connectivity index (χ1) is 15.4. The molecule has 0 saturated carbocycles. The van der Waals surface area contributed by atoms with Crippen LogP contribution in [-0.4, -0.2) is 51.3 Å². The van der Waals surface area contributed by atoms with Crippen molar-refractivity contribution < 1.29 is 14.4 Å². The van der Waals surface area contributed by atoms with Crippen LogP contribution in [0.25, 0.3) is 0 Å². The first-order valence-electron chi connectivity index (χ1n) is 10.7. The van der Waals surface area contributed by atoms with Crippen molar-refractivity contribution in [3.05, 3.63) is 69.1 Å². The van der Waals surface area contributed by atoms with Gasteiger partial charge in [-0.1, -0.05) is 29.8 Å². The van der Waals surface area contributed by atoms with Crippen LogP contribution in [0.5, 0.6) is 0 Å². The standard InChI is InChI=1S/C23H23ClN4O4/c24-17-4-1-3-14(8-17)11-28-22(31)18(25-23(28)32)9-21(30)26-10-15-7-16(13-26)19-5-2-6-20(29)27(19)12-15/h1-6,8,15-16,18H,7,9-13H2,(H,25,32)/t15?,16?,18-/m0/s1. The monoisotopic (exact) mass is 454 g/mol. The Balaban J connectivity index is 1.25.